The van der Waals surface area contributed by atoms with Crippen molar-refractivity contribution in [3.05, 3.63) is 29.6 Å². The molecule has 0 aromatic carbocycles. The quantitative estimate of drug-likeness (QED) is 0.843. The zero-order chi connectivity index (χ0) is 13.8. The molecule has 1 aromatic heterocycles. The number of carbonyl (C=O) groups excluding carboxylic acids is 2. The Labute approximate surface area is 112 Å². The molecule has 1 heterocycles. The lowest BCUT2D eigenvalue weighted by molar-refractivity contribution is 0.0933. The molecule has 1 aromatic rings. The number of pyridine rings is 1. The van der Waals surface area contributed by atoms with Crippen LogP contribution < -0.4 is 10.6 Å². The van der Waals surface area contributed by atoms with Crippen LogP contribution in [-0.4, -0.2) is 28.9 Å². The molecule has 1 saturated carbocycles. The van der Waals surface area contributed by atoms with Gasteiger partial charge >= 0.3 is 0 Å². The first-order valence-electron chi connectivity index (χ1n) is 6.69. The third-order valence-electron chi connectivity index (χ3n) is 3.12. The minimum atomic E-state index is -0.240. The summed E-state index contributed by atoms with van der Waals surface area (Å²) in [5.41, 5.74) is 0.576. The lowest BCUT2D eigenvalue weighted by Gasteiger charge is -2.11. The van der Waals surface area contributed by atoms with Crippen molar-refractivity contribution in [2.24, 2.45) is 0 Å². The molecule has 0 bridgehead atoms. The lowest BCUT2D eigenvalue weighted by Crippen LogP contribution is -2.33. The Morgan fingerprint density at radius 2 is 1.95 bits per heavy atom. The van der Waals surface area contributed by atoms with Crippen molar-refractivity contribution in [1.29, 1.82) is 0 Å². The van der Waals surface area contributed by atoms with E-state index < -0.39 is 0 Å². The van der Waals surface area contributed by atoms with Gasteiger partial charge in [0.15, 0.2) is 0 Å². The highest BCUT2D eigenvalue weighted by Crippen LogP contribution is 2.19. The second-order valence-electron chi connectivity index (χ2n) is 4.94. The number of amides is 2. The summed E-state index contributed by atoms with van der Waals surface area (Å²) in [6.07, 6.45) is 2.91. The predicted molar refractivity (Wildman–Crippen MR) is 71.9 cm³/mol. The Kier molecular flexibility index (Phi) is 4.14. The van der Waals surface area contributed by atoms with Crippen molar-refractivity contribution < 1.29 is 9.59 Å². The van der Waals surface area contributed by atoms with Crippen LogP contribution in [0.3, 0.4) is 0 Å². The van der Waals surface area contributed by atoms with Gasteiger partial charge in [-0.05, 0) is 38.3 Å². The third-order valence-corrected chi connectivity index (χ3v) is 3.12. The zero-order valence-corrected chi connectivity index (χ0v) is 11.3. The van der Waals surface area contributed by atoms with Gasteiger partial charge < -0.3 is 10.6 Å². The standard InChI is InChI=1S/C14H19N3O2/c1-3-9(2)15-13(18)11-5-4-6-12(17-11)14(19)16-10-7-8-10/h4-6,9-10H,3,7-8H2,1-2H3,(H,15,18)(H,16,19). The molecule has 2 N–H and O–H groups in total. The molecule has 1 aliphatic rings. The summed E-state index contributed by atoms with van der Waals surface area (Å²) in [5.74, 6) is -0.448. The average Bonchev–Trinajstić information content (AvgIpc) is 3.22. The highest BCUT2D eigenvalue weighted by atomic mass is 16.2. The summed E-state index contributed by atoms with van der Waals surface area (Å²) < 4.78 is 0. The number of hydrogen-bond donors (Lipinski definition) is 2. The number of hydrogen-bond acceptors (Lipinski definition) is 3. The van der Waals surface area contributed by atoms with Gasteiger partial charge in [-0.2, -0.15) is 0 Å². The first kappa shape index (κ1) is 13.5. The van der Waals surface area contributed by atoms with E-state index in [1.807, 2.05) is 13.8 Å². The Hall–Kier alpha value is -1.91. The summed E-state index contributed by atoms with van der Waals surface area (Å²) in [4.78, 5) is 27.9. The van der Waals surface area contributed by atoms with Crippen molar-refractivity contribution in [2.75, 3.05) is 0 Å². The van der Waals surface area contributed by atoms with Crippen molar-refractivity contribution >= 4 is 11.8 Å². The zero-order valence-electron chi connectivity index (χ0n) is 11.3. The second-order valence-corrected chi connectivity index (χ2v) is 4.94. The van der Waals surface area contributed by atoms with E-state index >= 15 is 0 Å². The molecule has 2 amide bonds. The van der Waals surface area contributed by atoms with Crippen LogP contribution in [0.1, 0.15) is 54.1 Å². The maximum absolute atomic E-state index is 11.9. The van der Waals surface area contributed by atoms with E-state index in [1.54, 1.807) is 18.2 Å². The van der Waals surface area contributed by atoms with E-state index in [0.717, 1.165) is 19.3 Å². The summed E-state index contributed by atoms with van der Waals surface area (Å²) in [5, 5.41) is 5.69. The van der Waals surface area contributed by atoms with Crippen molar-refractivity contribution in [3.8, 4) is 0 Å². The minimum absolute atomic E-state index is 0.0956. The molecule has 1 unspecified atom stereocenters. The second kappa shape index (κ2) is 5.82. The highest BCUT2D eigenvalue weighted by Gasteiger charge is 2.24. The Bertz CT molecular complexity index is 483. The highest BCUT2D eigenvalue weighted by molar-refractivity contribution is 5.96. The van der Waals surface area contributed by atoms with Gasteiger partial charge in [0.1, 0.15) is 11.4 Å². The van der Waals surface area contributed by atoms with E-state index in [1.165, 1.54) is 0 Å². The molecule has 2 rings (SSSR count). The fourth-order valence-corrected chi connectivity index (χ4v) is 1.57. The van der Waals surface area contributed by atoms with Gasteiger partial charge in [-0.1, -0.05) is 13.0 Å². The van der Waals surface area contributed by atoms with Crippen LogP contribution in [0.5, 0.6) is 0 Å². The molecule has 0 radical (unpaired) electrons. The summed E-state index contributed by atoms with van der Waals surface area (Å²) in [6.45, 7) is 3.93. The molecular weight excluding hydrogens is 242 g/mol. The van der Waals surface area contributed by atoms with Crippen molar-refractivity contribution in [3.63, 3.8) is 0 Å². The normalized spacial score (nSPS) is 15.7. The SMILES string of the molecule is CCC(C)NC(=O)c1cccc(C(=O)NC2CC2)n1. The van der Waals surface area contributed by atoms with E-state index in [-0.39, 0.29) is 29.6 Å². The molecule has 19 heavy (non-hydrogen) atoms. The summed E-state index contributed by atoms with van der Waals surface area (Å²) in [7, 11) is 0. The summed E-state index contributed by atoms with van der Waals surface area (Å²) >= 11 is 0. The van der Waals surface area contributed by atoms with Crippen LogP contribution in [0, 0.1) is 0 Å². The smallest absolute Gasteiger partial charge is 0.270 e. The number of rotatable bonds is 5. The largest absolute Gasteiger partial charge is 0.348 e. The van der Waals surface area contributed by atoms with Gasteiger partial charge in [-0.3, -0.25) is 9.59 Å². The van der Waals surface area contributed by atoms with Gasteiger partial charge in [-0.25, -0.2) is 4.98 Å². The van der Waals surface area contributed by atoms with Gasteiger partial charge in [0.2, 0.25) is 0 Å². The van der Waals surface area contributed by atoms with Crippen LogP contribution in [0.25, 0.3) is 0 Å². The Balaban J connectivity index is 2.05. The molecule has 0 spiro atoms. The molecule has 5 nitrogen and oxygen atoms in total. The van der Waals surface area contributed by atoms with E-state index in [9.17, 15) is 9.59 Å². The van der Waals surface area contributed by atoms with E-state index in [0.29, 0.717) is 5.69 Å². The van der Waals surface area contributed by atoms with Gasteiger partial charge in [0.25, 0.3) is 11.8 Å². The molecule has 1 fully saturated rings. The number of nitrogens with zero attached hydrogens (tertiary/aromatic N) is 1. The number of carbonyl (C=O) groups is 2. The topological polar surface area (TPSA) is 71.1 Å². The lowest BCUT2D eigenvalue weighted by atomic mass is 10.2. The van der Waals surface area contributed by atoms with E-state index in [4.69, 9.17) is 0 Å². The first-order chi connectivity index (χ1) is 9.10. The fraction of sp³-hybridized carbons (Fsp3) is 0.500. The van der Waals surface area contributed by atoms with Gasteiger partial charge in [0, 0.05) is 12.1 Å². The van der Waals surface area contributed by atoms with Crippen LogP contribution in [0.2, 0.25) is 0 Å². The molecule has 1 atom stereocenters. The molecule has 102 valence electrons. The minimum Gasteiger partial charge on any atom is -0.348 e. The number of aromatic nitrogens is 1. The maximum atomic E-state index is 11.9. The van der Waals surface area contributed by atoms with Crippen LogP contribution >= 0.6 is 0 Å². The van der Waals surface area contributed by atoms with Gasteiger partial charge in [-0.15, -0.1) is 0 Å². The summed E-state index contributed by atoms with van der Waals surface area (Å²) in [6, 6.07) is 5.30. The molecule has 0 saturated heterocycles. The van der Waals surface area contributed by atoms with Gasteiger partial charge in [0.05, 0.1) is 0 Å². The first-order valence-corrected chi connectivity index (χ1v) is 6.69. The molecular formula is C14H19N3O2. The molecule has 0 aliphatic heterocycles. The number of nitrogens with one attached hydrogen (secondary N) is 2. The van der Waals surface area contributed by atoms with Crippen LogP contribution in [-0.2, 0) is 0 Å². The Morgan fingerprint density at radius 1 is 1.32 bits per heavy atom. The van der Waals surface area contributed by atoms with Crippen LogP contribution in [0.15, 0.2) is 18.2 Å². The molecule has 5 heteroatoms. The van der Waals surface area contributed by atoms with Crippen LogP contribution in [0.4, 0.5) is 0 Å². The van der Waals surface area contributed by atoms with E-state index in [2.05, 4.69) is 15.6 Å². The maximum Gasteiger partial charge on any atom is 0.270 e. The average molecular weight is 261 g/mol. The fourth-order valence-electron chi connectivity index (χ4n) is 1.57. The molecule has 1 aliphatic carbocycles. The van der Waals surface area contributed by atoms with Crippen molar-refractivity contribution in [1.82, 2.24) is 15.6 Å². The van der Waals surface area contributed by atoms with Crippen molar-refractivity contribution in [2.45, 2.75) is 45.2 Å². The third kappa shape index (κ3) is 3.77. The Morgan fingerprint density at radius 3 is 2.53 bits per heavy atom. The monoisotopic (exact) mass is 261 g/mol. The predicted octanol–water partition coefficient (Wildman–Crippen LogP) is 1.50.